The maximum atomic E-state index is 12.0. The van der Waals surface area contributed by atoms with Crippen molar-refractivity contribution in [1.29, 1.82) is 0 Å². The van der Waals surface area contributed by atoms with E-state index in [0.717, 1.165) is 31.7 Å². The Balaban J connectivity index is 1.94. The molecular formula is C13H13N7O2. The van der Waals surface area contributed by atoms with E-state index in [9.17, 15) is 9.59 Å². The van der Waals surface area contributed by atoms with Crippen LogP contribution in [-0.4, -0.2) is 42.6 Å². The third kappa shape index (κ3) is 1.98. The van der Waals surface area contributed by atoms with Crippen LogP contribution in [0.25, 0.3) is 17.0 Å². The molecule has 0 spiro atoms. The van der Waals surface area contributed by atoms with Crippen molar-refractivity contribution in [2.24, 2.45) is 0 Å². The van der Waals surface area contributed by atoms with Gasteiger partial charge in [-0.25, -0.2) is 9.78 Å². The first kappa shape index (κ1) is 12.7. The highest BCUT2D eigenvalue weighted by Crippen LogP contribution is 2.24. The van der Waals surface area contributed by atoms with Crippen molar-refractivity contribution in [1.82, 2.24) is 29.5 Å². The summed E-state index contributed by atoms with van der Waals surface area (Å²) in [6.45, 7) is 1.86. The van der Waals surface area contributed by atoms with Gasteiger partial charge in [0.2, 0.25) is 0 Å². The monoisotopic (exact) mass is 299 g/mol. The summed E-state index contributed by atoms with van der Waals surface area (Å²) < 4.78 is 1.66. The lowest BCUT2D eigenvalue weighted by Crippen LogP contribution is -2.24. The average molecular weight is 299 g/mol. The molecule has 0 atom stereocenters. The number of H-pyrrole nitrogens is 2. The molecule has 0 saturated carbocycles. The normalized spacial score (nSPS) is 14.8. The Morgan fingerprint density at radius 3 is 2.77 bits per heavy atom. The second-order valence-corrected chi connectivity index (χ2v) is 5.15. The number of hydrogen-bond donors (Lipinski definition) is 2. The Labute approximate surface area is 123 Å². The average Bonchev–Trinajstić information content (AvgIpc) is 3.17. The zero-order chi connectivity index (χ0) is 15.1. The van der Waals surface area contributed by atoms with Crippen molar-refractivity contribution in [3.8, 4) is 11.3 Å². The predicted molar refractivity (Wildman–Crippen MR) is 78.9 cm³/mol. The second kappa shape index (κ2) is 4.79. The first-order valence-corrected chi connectivity index (χ1v) is 7.00. The third-order valence-corrected chi connectivity index (χ3v) is 3.76. The largest absolute Gasteiger partial charge is 0.356 e. The van der Waals surface area contributed by atoms with E-state index in [1.165, 1.54) is 12.5 Å². The van der Waals surface area contributed by atoms with Gasteiger partial charge in [-0.15, -0.1) is 0 Å². The van der Waals surface area contributed by atoms with Crippen molar-refractivity contribution < 1.29 is 0 Å². The van der Waals surface area contributed by atoms with E-state index in [0.29, 0.717) is 17.0 Å². The molecule has 0 radical (unpaired) electrons. The van der Waals surface area contributed by atoms with Gasteiger partial charge in [-0.05, 0) is 12.8 Å². The Hall–Kier alpha value is -2.97. The van der Waals surface area contributed by atoms with E-state index in [2.05, 4.69) is 29.9 Å². The number of nitrogens with one attached hydrogen (secondary N) is 2. The Bertz CT molecular complexity index is 949. The second-order valence-electron chi connectivity index (χ2n) is 5.15. The minimum atomic E-state index is -0.544. The minimum absolute atomic E-state index is 0.297. The van der Waals surface area contributed by atoms with Gasteiger partial charge in [0.1, 0.15) is 12.1 Å². The summed E-state index contributed by atoms with van der Waals surface area (Å²) in [7, 11) is 0. The van der Waals surface area contributed by atoms with Crippen molar-refractivity contribution in [2.45, 2.75) is 12.8 Å². The van der Waals surface area contributed by atoms with E-state index < -0.39 is 11.2 Å². The summed E-state index contributed by atoms with van der Waals surface area (Å²) in [5.74, 6) is 1.27. The smallest absolute Gasteiger partial charge is 0.325 e. The molecule has 1 aliphatic heterocycles. The molecule has 0 aromatic carbocycles. The topological polar surface area (TPSA) is 112 Å². The quantitative estimate of drug-likeness (QED) is 0.676. The third-order valence-electron chi connectivity index (χ3n) is 3.76. The summed E-state index contributed by atoms with van der Waals surface area (Å²) in [6, 6.07) is 1.80. The van der Waals surface area contributed by atoms with Crippen molar-refractivity contribution in [2.75, 3.05) is 18.0 Å². The highest BCUT2D eigenvalue weighted by molar-refractivity contribution is 5.64. The molecule has 0 amide bonds. The summed E-state index contributed by atoms with van der Waals surface area (Å²) in [6.07, 6.45) is 5.03. The highest BCUT2D eigenvalue weighted by atomic mass is 16.2. The van der Waals surface area contributed by atoms with Gasteiger partial charge >= 0.3 is 5.69 Å². The van der Waals surface area contributed by atoms with Crippen LogP contribution in [0, 0.1) is 0 Å². The zero-order valence-corrected chi connectivity index (χ0v) is 11.6. The van der Waals surface area contributed by atoms with Gasteiger partial charge in [-0.2, -0.15) is 14.6 Å². The predicted octanol–water partition coefficient (Wildman–Crippen LogP) is -0.232. The molecule has 1 fully saturated rings. The number of rotatable bonds is 2. The van der Waals surface area contributed by atoms with Crippen LogP contribution in [0.1, 0.15) is 12.8 Å². The summed E-state index contributed by atoms with van der Waals surface area (Å²) in [4.78, 5) is 38.4. The zero-order valence-electron chi connectivity index (χ0n) is 11.6. The molecule has 3 aromatic heterocycles. The molecule has 4 heterocycles. The number of hydrogen-bond acceptors (Lipinski definition) is 6. The molecule has 4 rings (SSSR count). The number of aromatic nitrogens is 6. The Morgan fingerprint density at radius 1 is 1.18 bits per heavy atom. The number of aromatic amines is 2. The summed E-state index contributed by atoms with van der Waals surface area (Å²) in [5, 5.41) is 4.19. The molecule has 112 valence electrons. The molecule has 9 nitrogen and oxygen atoms in total. The van der Waals surface area contributed by atoms with Gasteiger partial charge in [0, 0.05) is 25.4 Å². The van der Waals surface area contributed by atoms with E-state index >= 15 is 0 Å². The number of nitrogens with zero attached hydrogens (tertiary/aromatic N) is 5. The van der Waals surface area contributed by atoms with Gasteiger partial charge in [0.05, 0.1) is 11.3 Å². The minimum Gasteiger partial charge on any atom is -0.356 e. The molecule has 22 heavy (non-hydrogen) atoms. The van der Waals surface area contributed by atoms with E-state index in [1.807, 2.05) is 0 Å². The van der Waals surface area contributed by atoms with E-state index in [-0.39, 0.29) is 0 Å². The van der Waals surface area contributed by atoms with Crippen molar-refractivity contribution in [3.63, 3.8) is 0 Å². The van der Waals surface area contributed by atoms with Crippen molar-refractivity contribution in [3.05, 3.63) is 39.4 Å². The first-order chi connectivity index (χ1) is 10.7. The van der Waals surface area contributed by atoms with Crippen LogP contribution in [0.15, 0.2) is 28.2 Å². The standard InChI is InChI=1S/C13H13N7O2/c21-11-8(6-14-13(22)18-11)9-5-10(19-3-1-2-4-19)20-12(17-9)15-7-16-20/h5-7H,1-4H2,(H2,14,18,21,22). The lowest BCUT2D eigenvalue weighted by atomic mass is 10.2. The van der Waals surface area contributed by atoms with Crippen LogP contribution in [0.2, 0.25) is 0 Å². The van der Waals surface area contributed by atoms with Crippen LogP contribution >= 0.6 is 0 Å². The lowest BCUT2D eigenvalue weighted by molar-refractivity contribution is 0.851. The van der Waals surface area contributed by atoms with Gasteiger partial charge in [0.25, 0.3) is 11.3 Å². The highest BCUT2D eigenvalue weighted by Gasteiger charge is 2.19. The maximum Gasteiger partial charge on any atom is 0.325 e. The van der Waals surface area contributed by atoms with Gasteiger partial charge < -0.3 is 9.88 Å². The van der Waals surface area contributed by atoms with Crippen LogP contribution in [0.3, 0.4) is 0 Å². The Morgan fingerprint density at radius 2 is 2.00 bits per heavy atom. The molecule has 2 N–H and O–H groups in total. The van der Waals surface area contributed by atoms with Gasteiger partial charge in [-0.1, -0.05) is 0 Å². The Kier molecular flexibility index (Phi) is 2.78. The van der Waals surface area contributed by atoms with Crippen LogP contribution in [0.4, 0.5) is 5.82 Å². The SMILES string of the molecule is O=c1[nH]cc(-c2cc(N3CCCC3)n3ncnc3n2)c(=O)[nH]1. The maximum absolute atomic E-state index is 12.0. The molecule has 0 bridgehead atoms. The fourth-order valence-electron chi connectivity index (χ4n) is 2.71. The van der Waals surface area contributed by atoms with Crippen molar-refractivity contribution >= 4 is 11.6 Å². The fraction of sp³-hybridized carbons (Fsp3) is 0.308. The molecular weight excluding hydrogens is 286 g/mol. The summed E-state index contributed by atoms with van der Waals surface area (Å²) in [5.41, 5.74) is -0.269. The molecule has 0 unspecified atom stereocenters. The van der Waals surface area contributed by atoms with E-state index in [4.69, 9.17) is 0 Å². The summed E-state index contributed by atoms with van der Waals surface area (Å²) >= 11 is 0. The lowest BCUT2D eigenvalue weighted by Gasteiger charge is -2.18. The molecule has 1 aliphatic rings. The number of anilines is 1. The van der Waals surface area contributed by atoms with Crippen LogP contribution < -0.4 is 16.1 Å². The molecule has 9 heteroatoms. The number of fused-ring (bicyclic) bond motifs is 1. The van der Waals surface area contributed by atoms with Crippen LogP contribution in [0.5, 0.6) is 0 Å². The molecule has 0 aliphatic carbocycles. The molecule has 3 aromatic rings. The fourth-order valence-corrected chi connectivity index (χ4v) is 2.71. The first-order valence-electron chi connectivity index (χ1n) is 7.00. The van der Waals surface area contributed by atoms with E-state index in [1.54, 1.807) is 10.6 Å². The van der Waals surface area contributed by atoms with Gasteiger partial charge in [-0.3, -0.25) is 9.78 Å². The van der Waals surface area contributed by atoms with Crippen LogP contribution in [-0.2, 0) is 0 Å². The van der Waals surface area contributed by atoms with Gasteiger partial charge in [0.15, 0.2) is 0 Å². The molecule has 1 saturated heterocycles.